The van der Waals surface area contributed by atoms with Crippen molar-refractivity contribution in [3.8, 4) is 0 Å². The molecule has 1 aromatic heterocycles. The highest BCUT2D eigenvalue weighted by Crippen LogP contribution is 2.52. The van der Waals surface area contributed by atoms with Crippen LogP contribution in [0.1, 0.15) is 90.4 Å². The number of aliphatic hydroxyl groups is 1. The summed E-state index contributed by atoms with van der Waals surface area (Å²) in [5.41, 5.74) is 2.38. The molecule has 2 aromatic carbocycles. The quantitative estimate of drug-likeness (QED) is 0.368. The van der Waals surface area contributed by atoms with E-state index in [4.69, 9.17) is 4.98 Å². The van der Waals surface area contributed by atoms with Crippen LogP contribution in [0.15, 0.2) is 59.4 Å². The molecule has 7 rings (SSSR count). The van der Waals surface area contributed by atoms with Gasteiger partial charge in [-0.1, -0.05) is 42.5 Å². The zero-order valence-corrected chi connectivity index (χ0v) is 27.3. The van der Waals surface area contributed by atoms with Gasteiger partial charge in [0, 0.05) is 32.7 Å². The molecule has 258 valence electrons. The summed E-state index contributed by atoms with van der Waals surface area (Å²) in [6.45, 7) is 3.04. The molecule has 2 fully saturated rings. The number of aromatic amines is 1. The number of H-pyrrole nitrogens is 1. The Hall–Kier alpha value is -4.45. The SMILES string of the molecule is O=C([C@H](O)c1cccc(C(F)(F)F)c1)N1CCCc2nc(C3(c4cccc(C5=CCN(C(=O)N6CCCCC6)CC5)c4)CC3)[nH]c(=O)c2C1. The summed E-state index contributed by atoms with van der Waals surface area (Å²) in [5.74, 6) is -0.171. The van der Waals surface area contributed by atoms with Gasteiger partial charge in [-0.05, 0) is 85.8 Å². The lowest BCUT2D eigenvalue weighted by atomic mass is 9.90. The highest BCUT2D eigenvalue weighted by molar-refractivity contribution is 5.82. The van der Waals surface area contributed by atoms with Crippen LogP contribution in [-0.4, -0.2) is 74.4 Å². The maximum absolute atomic E-state index is 13.6. The number of aliphatic hydroxyl groups excluding tert-OH is 1. The third-order valence-corrected chi connectivity index (χ3v) is 10.5. The predicted molar refractivity (Wildman–Crippen MR) is 176 cm³/mol. The Bertz CT molecular complexity index is 1840. The normalized spacial score (nSPS) is 19.8. The van der Waals surface area contributed by atoms with Crippen LogP contribution in [0.5, 0.6) is 0 Å². The zero-order valence-electron chi connectivity index (χ0n) is 27.3. The molecule has 2 N–H and O–H groups in total. The molecule has 0 radical (unpaired) electrons. The molecule has 3 amide bonds. The van der Waals surface area contributed by atoms with Crippen LogP contribution >= 0.6 is 0 Å². The van der Waals surface area contributed by atoms with Crippen LogP contribution in [0.4, 0.5) is 18.0 Å². The van der Waals surface area contributed by atoms with Crippen LogP contribution in [0.25, 0.3) is 5.57 Å². The average molecular weight is 676 g/mol. The van der Waals surface area contributed by atoms with Crippen molar-refractivity contribution in [1.29, 1.82) is 0 Å². The number of aryl methyl sites for hydroxylation is 1. The predicted octanol–water partition coefficient (Wildman–Crippen LogP) is 5.57. The number of nitrogens with one attached hydrogen (secondary N) is 1. The standard InChI is InChI=1S/C37H40F3N5O4/c38-37(39,40)28-10-5-8-26(22-28)31(46)33(48)45-18-6-11-30-29(23-45)32(47)42-34(41-30)36(14-15-36)27-9-4-7-25(21-27)24-12-19-44(20-13-24)35(49)43-16-2-1-3-17-43/h4-5,7-10,12,21-22,31,46H,1-3,6,11,13-20,23H2,(H,41,42,47)/t31-/m1/s1. The van der Waals surface area contributed by atoms with Crippen molar-refractivity contribution in [2.24, 2.45) is 0 Å². The average Bonchev–Trinajstić information content (AvgIpc) is 3.96. The van der Waals surface area contributed by atoms with Crippen molar-refractivity contribution in [3.05, 3.63) is 104 Å². The number of amides is 3. The van der Waals surface area contributed by atoms with Crippen molar-refractivity contribution in [2.75, 3.05) is 32.7 Å². The van der Waals surface area contributed by atoms with E-state index in [1.165, 1.54) is 23.0 Å². The van der Waals surface area contributed by atoms with Crippen molar-refractivity contribution < 1.29 is 27.9 Å². The number of rotatable bonds is 5. The summed E-state index contributed by atoms with van der Waals surface area (Å²) < 4.78 is 39.7. The first-order valence-electron chi connectivity index (χ1n) is 17.1. The molecule has 0 spiro atoms. The summed E-state index contributed by atoms with van der Waals surface area (Å²) >= 11 is 0. The molecule has 1 saturated heterocycles. The number of urea groups is 1. The second-order valence-electron chi connectivity index (χ2n) is 13.6. The van der Waals surface area contributed by atoms with Gasteiger partial charge in [-0.15, -0.1) is 0 Å². The van der Waals surface area contributed by atoms with Crippen LogP contribution in [0.3, 0.4) is 0 Å². The number of carbonyl (C=O) groups excluding carboxylic acids is 2. The van der Waals surface area contributed by atoms with Gasteiger partial charge >= 0.3 is 12.2 Å². The van der Waals surface area contributed by atoms with Crippen molar-refractivity contribution in [1.82, 2.24) is 24.7 Å². The Balaban J connectivity index is 1.07. The molecule has 0 unspecified atom stereocenters. The van der Waals surface area contributed by atoms with Gasteiger partial charge in [-0.2, -0.15) is 13.2 Å². The Morgan fingerprint density at radius 1 is 0.898 bits per heavy atom. The fourth-order valence-corrected chi connectivity index (χ4v) is 7.43. The fourth-order valence-electron chi connectivity index (χ4n) is 7.43. The molecular weight excluding hydrogens is 635 g/mol. The number of alkyl halides is 3. The van der Waals surface area contributed by atoms with Crippen molar-refractivity contribution in [3.63, 3.8) is 0 Å². The third kappa shape index (κ3) is 6.62. The molecule has 1 aliphatic carbocycles. The van der Waals surface area contributed by atoms with E-state index in [1.807, 2.05) is 15.9 Å². The van der Waals surface area contributed by atoms with Gasteiger partial charge in [-0.3, -0.25) is 9.59 Å². The summed E-state index contributed by atoms with van der Waals surface area (Å²) in [6, 6.07) is 12.6. The number of fused-ring (bicyclic) bond motifs is 1. The molecule has 3 aliphatic heterocycles. The number of piperidine rings is 1. The van der Waals surface area contributed by atoms with E-state index in [1.54, 1.807) is 0 Å². The maximum Gasteiger partial charge on any atom is 0.416 e. The highest BCUT2D eigenvalue weighted by atomic mass is 19.4. The van der Waals surface area contributed by atoms with Crippen LogP contribution in [-0.2, 0) is 29.4 Å². The zero-order chi connectivity index (χ0) is 34.3. The lowest BCUT2D eigenvalue weighted by Gasteiger charge is -2.34. The Morgan fingerprint density at radius 3 is 2.37 bits per heavy atom. The monoisotopic (exact) mass is 675 g/mol. The van der Waals surface area contributed by atoms with E-state index in [9.17, 15) is 32.7 Å². The Kier molecular flexibility index (Phi) is 8.85. The van der Waals surface area contributed by atoms with E-state index < -0.39 is 29.2 Å². The van der Waals surface area contributed by atoms with Crippen LogP contribution in [0.2, 0.25) is 0 Å². The number of hydrogen-bond donors (Lipinski definition) is 2. The number of aromatic nitrogens is 2. The molecule has 9 nitrogen and oxygen atoms in total. The number of likely N-dealkylation sites (tertiary alicyclic amines) is 1. The Morgan fingerprint density at radius 2 is 1.65 bits per heavy atom. The minimum Gasteiger partial charge on any atom is -0.378 e. The lowest BCUT2D eigenvalue weighted by molar-refractivity contribution is -0.142. The summed E-state index contributed by atoms with van der Waals surface area (Å²) in [7, 11) is 0. The van der Waals surface area contributed by atoms with Crippen molar-refractivity contribution >= 4 is 17.5 Å². The lowest BCUT2D eigenvalue weighted by Crippen LogP contribution is -2.46. The fraction of sp³-hybridized carbons (Fsp3) is 0.459. The highest BCUT2D eigenvalue weighted by Gasteiger charge is 2.49. The van der Waals surface area contributed by atoms with Crippen molar-refractivity contribution in [2.45, 2.75) is 75.6 Å². The molecule has 4 heterocycles. The molecular formula is C37H40F3N5O4. The molecule has 1 atom stereocenters. The third-order valence-electron chi connectivity index (χ3n) is 10.5. The second-order valence-corrected chi connectivity index (χ2v) is 13.6. The molecule has 0 bridgehead atoms. The van der Waals surface area contributed by atoms with Gasteiger partial charge in [0.15, 0.2) is 6.10 Å². The van der Waals surface area contributed by atoms with Gasteiger partial charge in [-0.25, -0.2) is 9.78 Å². The van der Waals surface area contributed by atoms with E-state index in [2.05, 4.69) is 29.3 Å². The second kappa shape index (κ2) is 13.1. The van der Waals surface area contributed by atoms with Gasteiger partial charge in [0.25, 0.3) is 11.5 Å². The molecule has 12 heteroatoms. The van der Waals surface area contributed by atoms with E-state index in [0.29, 0.717) is 43.0 Å². The molecule has 1 saturated carbocycles. The smallest absolute Gasteiger partial charge is 0.378 e. The minimum absolute atomic E-state index is 0.0965. The number of benzene rings is 2. The number of hydrogen-bond acceptors (Lipinski definition) is 5. The van der Waals surface area contributed by atoms with Gasteiger partial charge in [0.2, 0.25) is 0 Å². The topological polar surface area (TPSA) is 110 Å². The first kappa shape index (κ1) is 33.1. The number of nitrogens with zero attached hydrogens (tertiary/aromatic N) is 4. The van der Waals surface area contributed by atoms with E-state index in [-0.39, 0.29) is 30.2 Å². The van der Waals surface area contributed by atoms with E-state index in [0.717, 1.165) is 74.5 Å². The first-order valence-corrected chi connectivity index (χ1v) is 17.1. The van der Waals surface area contributed by atoms with Gasteiger partial charge in [0.05, 0.1) is 28.8 Å². The maximum atomic E-state index is 13.6. The van der Waals surface area contributed by atoms with Gasteiger partial charge in [0.1, 0.15) is 5.82 Å². The summed E-state index contributed by atoms with van der Waals surface area (Å²) in [5, 5.41) is 10.8. The molecule has 49 heavy (non-hydrogen) atoms. The number of halogens is 3. The molecule has 4 aliphatic rings. The first-order chi connectivity index (χ1) is 23.5. The van der Waals surface area contributed by atoms with Crippen LogP contribution in [0, 0.1) is 0 Å². The largest absolute Gasteiger partial charge is 0.416 e. The minimum atomic E-state index is -4.61. The molecule has 3 aromatic rings. The van der Waals surface area contributed by atoms with E-state index >= 15 is 0 Å². The van der Waals surface area contributed by atoms with Gasteiger partial charge < -0.3 is 24.8 Å². The summed E-state index contributed by atoms with van der Waals surface area (Å²) in [6.07, 6.45) is 2.39. The Labute approximate surface area is 282 Å². The van der Waals surface area contributed by atoms with Crippen LogP contribution < -0.4 is 5.56 Å². The number of carbonyl (C=O) groups is 2. The summed E-state index contributed by atoms with van der Waals surface area (Å²) in [4.78, 5) is 53.0.